The highest BCUT2D eigenvalue weighted by Crippen LogP contribution is 2.29. The van der Waals surface area contributed by atoms with Gasteiger partial charge in [0.1, 0.15) is 10.8 Å². The summed E-state index contributed by atoms with van der Waals surface area (Å²) >= 11 is 13.3. The Labute approximate surface area is 119 Å². The van der Waals surface area contributed by atoms with Gasteiger partial charge in [0.15, 0.2) is 0 Å². The number of hydrogen-bond acceptors (Lipinski definition) is 5. The maximum Gasteiger partial charge on any atom is 0.234 e. The van der Waals surface area contributed by atoms with Crippen LogP contribution in [0.4, 0.5) is 5.82 Å². The van der Waals surface area contributed by atoms with Crippen LogP contribution in [0.5, 0.6) is 5.88 Å². The molecule has 0 spiro atoms. The molecule has 18 heavy (non-hydrogen) atoms. The van der Waals surface area contributed by atoms with E-state index >= 15 is 0 Å². The SMILES string of the molecule is Cc1ncsc1CCOc1nc(N)c(Cl)cc1Cl. The van der Waals surface area contributed by atoms with E-state index < -0.39 is 0 Å². The number of pyridine rings is 1. The van der Waals surface area contributed by atoms with Crippen LogP contribution in [0.1, 0.15) is 10.6 Å². The molecule has 96 valence electrons. The lowest BCUT2D eigenvalue weighted by molar-refractivity contribution is 0.311. The van der Waals surface area contributed by atoms with Crippen LogP contribution in [-0.4, -0.2) is 16.6 Å². The Morgan fingerprint density at radius 2 is 2.17 bits per heavy atom. The molecule has 2 rings (SSSR count). The fourth-order valence-corrected chi connectivity index (χ4v) is 2.55. The number of hydrogen-bond donors (Lipinski definition) is 1. The molecule has 4 nitrogen and oxygen atoms in total. The summed E-state index contributed by atoms with van der Waals surface area (Å²) in [5, 5.41) is 0.681. The molecule has 0 atom stereocenters. The van der Waals surface area contributed by atoms with Gasteiger partial charge < -0.3 is 10.5 Å². The molecule has 0 aliphatic heterocycles. The summed E-state index contributed by atoms with van der Waals surface area (Å²) in [4.78, 5) is 9.35. The van der Waals surface area contributed by atoms with Crippen molar-refractivity contribution in [2.75, 3.05) is 12.3 Å². The monoisotopic (exact) mass is 303 g/mol. The number of aryl methyl sites for hydroxylation is 1. The molecule has 2 aromatic heterocycles. The van der Waals surface area contributed by atoms with E-state index in [4.69, 9.17) is 33.7 Å². The van der Waals surface area contributed by atoms with Crippen molar-refractivity contribution in [3.63, 3.8) is 0 Å². The van der Waals surface area contributed by atoms with Crippen LogP contribution in [-0.2, 0) is 6.42 Å². The first kappa shape index (κ1) is 13.4. The molecule has 7 heteroatoms. The van der Waals surface area contributed by atoms with E-state index in [-0.39, 0.29) is 5.82 Å². The van der Waals surface area contributed by atoms with Gasteiger partial charge in [0.2, 0.25) is 5.88 Å². The first-order valence-corrected chi connectivity index (χ1v) is 6.84. The summed E-state index contributed by atoms with van der Waals surface area (Å²) in [7, 11) is 0. The molecule has 0 saturated carbocycles. The van der Waals surface area contributed by atoms with Crippen molar-refractivity contribution in [1.82, 2.24) is 9.97 Å². The second-order valence-corrected chi connectivity index (χ2v) is 5.36. The Kier molecular flexibility index (Phi) is 4.27. The van der Waals surface area contributed by atoms with E-state index in [1.165, 1.54) is 10.9 Å². The molecule has 0 fully saturated rings. The molecule has 2 N–H and O–H groups in total. The number of nitrogens with two attached hydrogens (primary N) is 1. The van der Waals surface area contributed by atoms with E-state index in [2.05, 4.69) is 9.97 Å². The average molecular weight is 304 g/mol. The fourth-order valence-electron chi connectivity index (χ4n) is 1.37. The Bertz CT molecular complexity index is 559. The number of rotatable bonds is 4. The summed E-state index contributed by atoms with van der Waals surface area (Å²) in [6, 6.07) is 1.53. The zero-order valence-electron chi connectivity index (χ0n) is 9.61. The minimum Gasteiger partial charge on any atom is -0.476 e. The quantitative estimate of drug-likeness (QED) is 0.941. The maximum absolute atomic E-state index is 5.96. The summed E-state index contributed by atoms with van der Waals surface area (Å²) in [6.07, 6.45) is 0.761. The lowest BCUT2D eigenvalue weighted by Crippen LogP contribution is -2.04. The average Bonchev–Trinajstić information content (AvgIpc) is 2.72. The zero-order chi connectivity index (χ0) is 13.1. The zero-order valence-corrected chi connectivity index (χ0v) is 11.9. The van der Waals surface area contributed by atoms with Crippen LogP contribution in [0.3, 0.4) is 0 Å². The molecule has 0 aliphatic rings. The molecule has 0 aliphatic carbocycles. The van der Waals surface area contributed by atoms with Crippen LogP contribution in [0.25, 0.3) is 0 Å². The van der Waals surface area contributed by atoms with Crippen molar-refractivity contribution in [2.45, 2.75) is 13.3 Å². The van der Waals surface area contributed by atoms with Gasteiger partial charge in [-0.1, -0.05) is 23.2 Å². The first-order chi connectivity index (χ1) is 8.58. The highest BCUT2D eigenvalue weighted by atomic mass is 35.5. The lowest BCUT2D eigenvalue weighted by atomic mass is 10.3. The van der Waals surface area contributed by atoms with Gasteiger partial charge in [0.05, 0.1) is 22.8 Å². The summed E-state index contributed by atoms with van der Waals surface area (Å²) in [5.74, 6) is 0.519. The number of halogens is 2. The van der Waals surface area contributed by atoms with E-state index in [1.54, 1.807) is 11.3 Å². The summed E-state index contributed by atoms with van der Waals surface area (Å²) < 4.78 is 5.50. The van der Waals surface area contributed by atoms with E-state index in [0.717, 1.165) is 12.1 Å². The third kappa shape index (κ3) is 3.04. The van der Waals surface area contributed by atoms with Gasteiger partial charge in [-0.15, -0.1) is 11.3 Å². The number of aromatic nitrogens is 2. The number of nitrogens with zero attached hydrogens (tertiary/aromatic N) is 2. The predicted octanol–water partition coefficient (Wildman–Crippen LogP) is 3.36. The first-order valence-electron chi connectivity index (χ1n) is 5.21. The molecular formula is C11H11Cl2N3OS. The number of thiazole rings is 1. The van der Waals surface area contributed by atoms with Crippen LogP contribution >= 0.6 is 34.5 Å². The molecule has 0 amide bonds. The molecule has 0 saturated heterocycles. The van der Waals surface area contributed by atoms with E-state index in [1.807, 2.05) is 12.4 Å². The Morgan fingerprint density at radius 3 is 2.83 bits per heavy atom. The fraction of sp³-hybridized carbons (Fsp3) is 0.273. The van der Waals surface area contributed by atoms with E-state index in [9.17, 15) is 0 Å². The Hall–Kier alpha value is -1.04. The van der Waals surface area contributed by atoms with Gasteiger partial charge in [0.25, 0.3) is 0 Å². The second kappa shape index (κ2) is 5.73. The lowest BCUT2D eigenvalue weighted by Gasteiger charge is -2.08. The van der Waals surface area contributed by atoms with E-state index in [0.29, 0.717) is 22.5 Å². The van der Waals surface area contributed by atoms with Crippen LogP contribution < -0.4 is 10.5 Å². The smallest absolute Gasteiger partial charge is 0.234 e. The second-order valence-electron chi connectivity index (χ2n) is 3.60. The largest absolute Gasteiger partial charge is 0.476 e. The summed E-state index contributed by atoms with van der Waals surface area (Å²) in [6.45, 7) is 2.44. The topological polar surface area (TPSA) is 61.0 Å². The maximum atomic E-state index is 5.96. The van der Waals surface area contributed by atoms with Gasteiger partial charge >= 0.3 is 0 Å². The molecule has 0 radical (unpaired) electrons. The standard InChI is InChI=1S/C11H11Cl2N3OS/c1-6-9(18-5-15-6)2-3-17-11-8(13)4-7(12)10(14)16-11/h4-5H,2-3H2,1H3,(H2,14,16). The van der Waals surface area contributed by atoms with Crippen LogP contribution in [0.2, 0.25) is 10.0 Å². The molecule has 0 aromatic carbocycles. The van der Waals surface area contributed by atoms with Crippen molar-refractivity contribution in [1.29, 1.82) is 0 Å². The highest BCUT2D eigenvalue weighted by molar-refractivity contribution is 7.09. The Morgan fingerprint density at radius 1 is 1.39 bits per heavy atom. The number of nitrogen functional groups attached to an aromatic ring is 1. The predicted molar refractivity (Wildman–Crippen MR) is 74.7 cm³/mol. The molecule has 0 bridgehead atoms. The molecule has 0 unspecified atom stereocenters. The molecular weight excluding hydrogens is 293 g/mol. The molecule has 2 heterocycles. The number of anilines is 1. The summed E-state index contributed by atoms with van der Waals surface area (Å²) in [5.41, 5.74) is 8.43. The third-order valence-electron chi connectivity index (χ3n) is 2.34. The Balaban J connectivity index is 1.99. The third-order valence-corrected chi connectivity index (χ3v) is 3.91. The minimum atomic E-state index is 0.213. The van der Waals surface area contributed by atoms with Crippen molar-refractivity contribution in [3.8, 4) is 5.88 Å². The highest BCUT2D eigenvalue weighted by Gasteiger charge is 2.09. The number of ether oxygens (including phenoxy) is 1. The van der Waals surface area contributed by atoms with Crippen molar-refractivity contribution >= 4 is 40.4 Å². The van der Waals surface area contributed by atoms with Crippen molar-refractivity contribution in [2.24, 2.45) is 0 Å². The van der Waals surface area contributed by atoms with Gasteiger partial charge in [0, 0.05) is 11.3 Å². The van der Waals surface area contributed by atoms with Crippen LogP contribution in [0, 0.1) is 6.92 Å². The van der Waals surface area contributed by atoms with Gasteiger partial charge in [-0.3, -0.25) is 0 Å². The van der Waals surface area contributed by atoms with Gasteiger partial charge in [-0.05, 0) is 13.0 Å². The molecule has 2 aromatic rings. The van der Waals surface area contributed by atoms with Gasteiger partial charge in [-0.2, -0.15) is 4.98 Å². The van der Waals surface area contributed by atoms with Gasteiger partial charge in [-0.25, -0.2) is 4.98 Å². The van der Waals surface area contributed by atoms with Crippen molar-refractivity contribution in [3.05, 3.63) is 32.2 Å². The normalized spacial score (nSPS) is 10.6. The van der Waals surface area contributed by atoms with Crippen LogP contribution in [0.15, 0.2) is 11.6 Å². The minimum absolute atomic E-state index is 0.213. The van der Waals surface area contributed by atoms with Crippen molar-refractivity contribution < 1.29 is 4.74 Å².